The van der Waals surface area contributed by atoms with Crippen molar-refractivity contribution >= 4 is 17.3 Å². The molecule has 0 aliphatic rings. The van der Waals surface area contributed by atoms with E-state index in [1.165, 1.54) is 5.56 Å². The summed E-state index contributed by atoms with van der Waals surface area (Å²) in [6, 6.07) is 19.9. The lowest BCUT2D eigenvalue weighted by Crippen LogP contribution is -2.23. The van der Waals surface area contributed by atoms with Crippen LogP contribution in [0.25, 0.3) is 0 Å². The molecule has 0 saturated heterocycles. The standard InChI is InChI=1S/C22H23N3O/c1-3-25(16-18-7-5-4-6-8-18)21-13-19(14-23-15-21)22(26)24-20-11-9-17(2)10-12-20/h4-15H,3,16H2,1-2H3,(H,24,26). The average Bonchev–Trinajstić information content (AvgIpc) is 2.69. The molecule has 3 aromatic rings. The maximum Gasteiger partial charge on any atom is 0.257 e. The maximum atomic E-state index is 12.6. The van der Waals surface area contributed by atoms with Gasteiger partial charge in [-0.2, -0.15) is 0 Å². The Kier molecular flexibility index (Phi) is 5.64. The number of hydrogen-bond acceptors (Lipinski definition) is 3. The fraction of sp³-hybridized carbons (Fsp3) is 0.182. The van der Waals surface area contributed by atoms with E-state index in [1.54, 1.807) is 12.4 Å². The topological polar surface area (TPSA) is 45.2 Å². The highest BCUT2D eigenvalue weighted by Crippen LogP contribution is 2.18. The summed E-state index contributed by atoms with van der Waals surface area (Å²) in [7, 11) is 0. The van der Waals surface area contributed by atoms with Crippen LogP contribution in [0.4, 0.5) is 11.4 Å². The van der Waals surface area contributed by atoms with Crippen LogP contribution in [0.15, 0.2) is 73.1 Å². The summed E-state index contributed by atoms with van der Waals surface area (Å²) < 4.78 is 0. The summed E-state index contributed by atoms with van der Waals surface area (Å²) in [5.74, 6) is -0.154. The van der Waals surface area contributed by atoms with E-state index >= 15 is 0 Å². The van der Waals surface area contributed by atoms with Gasteiger partial charge in [-0.1, -0.05) is 48.0 Å². The molecule has 4 nitrogen and oxygen atoms in total. The van der Waals surface area contributed by atoms with Crippen LogP contribution in [0.5, 0.6) is 0 Å². The third-order valence-corrected chi connectivity index (χ3v) is 4.26. The minimum atomic E-state index is -0.154. The summed E-state index contributed by atoms with van der Waals surface area (Å²) in [5, 5.41) is 2.92. The lowest BCUT2D eigenvalue weighted by atomic mass is 10.2. The average molecular weight is 345 g/mol. The van der Waals surface area contributed by atoms with E-state index in [0.717, 1.165) is 30.0 Å². The molecule has 2 aromatic carbocycles. The zero-order valence-corrected chi connectivity index (χ0v) is 15.1. The molecular weight excluding hydrogens is 322 g/mol. The second kappa shape index (κ2) is 8.30. The number of amides is 1. The van der Waals surface area contributed by atoms with Crippen molar-refractivity contribution in [1.82, 2.24) is 4.98 Å². The Morgan fingerprint density at radius 1 is 1.04 bits per heavy atom. The number of aromatic nitrogens is 1. The molecule has 1 amide bonds. The Balaban J connectivity index is 1.75. The lowest BCUT2D eigenvalue weighted by molar-refractivity contribution is 0.102. The molecule has 26 heavy (non-hydrogen) atoms. The van der Waals surface area contributed by atoms with E-state index in [9.17, 15) is 4.79 Å². The van der Waals surface area contributed by atoms with Gasteiger partial charge in [0.15, 0.2) is 0 Å². The monoisotopic (exact) mass is 345 g/mol. The molecule has 0 saturated carbocycles. The van der Waals surface area contributed by atoms with E-state index in [-0.39, 0.29) is 5.91 Å². The highest BCUT2D eigenvalue weighted by molar-refractivity contribution is 6.04. The number of carbonyl (C=O) groups is 1. The van der Waals surface area contributed by atoms with Gasteiger partial charge < -0.3 is 10.2 Å². The number of rotatable bonds is 6. The predicted molar refractivity (Wildman–Crippen MR) is 107 cm³/mol. The first-order valence-corrected chi connectivity index (χ1v) is 8.77. The second-order valence-corrected chi connectivity index (χ2v) is 6.25. The fourth-order valence-electron chi connectivity index (χ4n) is 2.75. The normalized spacial score (nSPS) is 10.4. The van der Waals surface area contributed by atoms with Crippen LogP contribution in [0, 0.1) is 6.92 Å². The molecule has 0 aliphatic carbocycles. The molecule has 0 bridgehead atoms. The molecule has 4 heteroatoms. The first kappa shape index (κ1) is 17.7. The van der Waals surface area contributed by atoms with Crippen molar-refractivity contribution < 1.29 is 4.79 Å². The zero-order valence-electron chi connectivity index (χ0n) is 15.1. The molecule has 132 valence electrons. The largest absolute Gasteiger partial charge is 0.366 e. The van der Waals surface area contributed by atoms with E-state index in [2.05, 4.69) is 34.3 Å². The van der Waals surface area contributed by atoms with Crippen molar-refractivity contribution in [3.63, 3.8) is 0 Å². The third kappa shape index (κ3) is 4.48. The van der Waals surface area contributed by atoms with Crippen molar-refractivity contribution in [1.29, 1.82) is 0 Å². The minimum Gasteiger partial charge on any atom is -0.366 e. The zero-order chi connectivity index (χ0) is 18.4. The minimum absolute atomic E-state index is 0.154. The van der Waals surface area contributed by atoms with Crippen LogP contribution >= 0.6 is 0 Å². The Hall–Kier alpha value is -3.14. The molecule has 0 radical (unpaired) electrons. The van der Waals surface area contributed by atoms with Crippen LogP contribution in [0.3, 0.4) is 0 Å². The van der Waals surface area contributed by atoms with E-state index < -0.39 is 0 Å². The van der Waals surface area contributed by atoms with Crippen LogP contribution in [-0.4, -0.2) is 17.4 Å². The summed E-state index contributed by atoms with van der Waals surface area (Å²) in [4.78, 5) is 19.0. The number of nitrogens with one attached hydrogen (secondary N) is 1. The molecule has 0 spiro atoms. The summed E-state index contributed by atoms with van der Waals surface area (Å²) >= 11 is 0. The van der Waals surface area contributed by atoms with Crippen molar-refractivity contribution in [2.45, 2.75) is 20.4 Å². The van der Waals surface area contributed by atoms with E-state index in [0.29, 0.717) is 5.56 Å². The Labute approximate surface area is 154 Å². The number of pyridine rings is 1. The maximum absolute atomic E-state index is 12.6. The second-order valence-electron chi connectivity index (χ2n) is 6.25. The molecule has 0 aliphatic heterocycles. The van der Waals surface area contributed by atoms with Crippen LogP contribution in [0.2, 0.25) is 0 Å². The molecule has 1 heterocycles. The number of nitrogens with zero attached hydrogens (tertiary/aromatic N) is 2. The fourth-order valence-corrected chi connectivity index (χ4v) is 2.75. The third-order valence-electron chi connectivity index (χ3n) is 4.26. The number of carbonyl (C=O) groups excluding carboxylic acids is 1. The number of aryl methyl sites for hydroxylation is 1. The van der Waals surface area contributed by atoms with Crippen molar-refractivity contribution in [3.05, 3.63) is 89.7 Å². The Morgan fingerprint density at radius 2 is 1.77 bits per heavy atom. The van der Waals surface area contributed by atoms with Crippen LogP contribution < -0.4 is 10.2 Å². The SMILES string of the molecule is CCN(Cc1ccccc1)c1cncc(C(=O)Nc2ccc(C)cc2)c1. The Bertz CT molecular complexity index is 860. The molecule has 0 atom stereocenters. The molecule has 1 aromatic heterocycles. The van der Waals surface area contributed by atoms with Gasteiger partial charge in [0.05, 0.1) is 17.4 Å². The van der Waals surface area contributed by atoms with Gasteiger partial charge in [-0.25, -0.2) is 0 Å². The van der Waals surface area contributed by atoms with Gasteiger partial charge in [-0.3, -0.25) is 9.78 Å². The van der Waals surface area contributed by atoms with Gasteiger partial charge in [0, 0.05) is 25.0 Å². The van der Waals surface area contributed by atoms with Crippen molar-refractivity contribution in [2.24, 2.45) is 0 Å². The van der Waals surface area contributed by atoms with Gasteiger partial charge >= 0.3 is 0 Å². The predicted octanol–water partition coefficient (Wildman–Crippen LogP) is 4.67. The van der Waals surface area contributed by atoms with E-state index in [1.807, 2.05) is 55.5 Å². The van der Waals surface area contributed by atoms with Gasteiger partial charge in [0.1, 0.15) is 0 Å². The molecule has 0 unspecified atom stereocenters. The number of hydrogen-bond donors (Lipinski definition) is 1. The number of benzene rings is 2. The smallest absolute Gasteiger partial charge is 0.257 e. The molecule has 1 N–H and O–H groups in total. The quantitative estimate of drug-likeness (QED) is 0.706. The summed E-state index contributed by atoms with van der Waals surface area (Å²) in [6.07, 6.45) is 3.40. The highest BCUT2D eigenvalue weighted by atomic mass is 16.1. The van der Waals surface area contributed by atoms with Gasteiger partial charge in [0.25, 0.3) is 5.91 Å². The lowest BCUT2D eigenvalue weighted by Gasteiger charge is -2.23. The summed E-state index contributed by atoms with van der Waals surface area (Å²) in [5.41, 5.74) is 4.65. The Morgan fingerprint density at radius 3 is 2.46 bits per heavy atom. The van der Waals surface area contributed by atoms with Gasteiger partial charge in [0.2, 0.25) is 0 Å². The molecular formula is C22H23N3O. The number of anilines is 2. The van der Waals surface area contributed by atoms with Crippen LogP contribution in [0.1, 0.15) is 28.4 Å². The molecule has 0 fully saturated rings. The first-order valence-electron chi connectivity index (χ1n) is 8.77. The highest BCUT2D eigenvalue weighted by Gasteiger charge is 2.11. The van der Waals surface area contributed by atoms with Crippen LogP contribution in [-0.2, 0) is 6.54 Å². The molecule has 3 rings (SSSR count). The van der Waals surface area contributed by atoms with Crippen molar-refractivity contribution in [3.8, 4) is 0 Å². The van der Waals surface area contributed by atoms with E-state index in [4.69, 9.17) is 0 Å². The van der Waals surface area contributed by atoms with Gasteiger partial charge in [-0.15, -0.1) is 0 Å². The van der Waals surface area contributed by atoms with Gasteiger partial charge in [-0.05, 0) is 37.6 Å². The first-order chi connectivity index (χ1) is 12.7. The van der Waals surface area contributed by atoms with Crippen molar-refractivity contribution in [2.75, 3.05) is 16.8 Å². The summed E-state index contributed by atoms with van der Waals surface area (Å²) in [6.45, 7) is 5.73.